The summed E-state index contributed by atoms with van der Waals surface area (Å²) >= 11 is 0. The standard InChI is InChI=1S/C24H25NO4/c26-21-10-20-17-9-18(15-4-5-15)22(29-13-14-2-3-14)8-16(17)11-24(6-1-7-24)25(20)12-19(21)23(27)28/h8-10,12,14-15H,1-7,11,13H2,(H,27,28). The predicted molar refractivity (Wildman–Crippen MR) is 109 cm³/mol. The summed E-state index contributed by atoms with van der Waals surface area (Å²) in [5.41, 5.74) is 3.81. The van der Waals surface area contributed by atoms with Crippen molar-refractivity contribution in [1.82, 2.24) is 4.57 Å². The maximum atomic E-state index is 12.5. The van der Waals surface area contributed by atoms with E-state index in [-0.39, 0.29) is 11.1 Å². The van der Waals surface area contributed by atoms with Gasteiger partial charge in [-0.25, -0.2) is 4.79 Å². The molecule has 1 aromatic heterocycles. The number of carboxylic acids is 1. The van der Waals surface area contributed by atoms with Gasteiger partial charge in [-0.3, -0.25) is 4.79 Å². The van der Waals surface area contributed by atoms with Crippen LogP contribution in [0.5, 0.6) is 5.75 Å². The lowest BCUT2D eigenvalue weighted by Gasteiger charge is -2.49. The van der Waals surface area contributed by atoms with Gasteiger partial charge in [0, 0.05) is 23.4 Å². The molecular weight excluding hydrogens is 366 g/mol. The molecule has 2 heterocycles. The number of carboxylic acid groups (broad SMARTS) is 1. The molecule has 3 saturated carbocycles. The molecule has 0 radical (unpaired) electrons. The van der Waals surface area contributed by atoms with Crippen LogP contribution in [0.4, 0.5) is 0 Å². The Kier molecular flexibility index (Phi) is 3.57. The normalized spacial score (nSPS) is 21.2. The molecule has 150 valence electrons. The van der Waals surface area contributed by atoms with Crippen LogP contribution in [0.25, 0.3) is 11.3 Å². The molecule has 1 aromatic carbocycles. The van der Waals surface area contributed by atoms with Crippen molar-refractivity contribution in [2.75, 3.05) is 6.61 Å². The summed E-state index contributed by atoms with van der Waals surface area (Å²) in [5, 5.41) is 9.46. The molecule has 1 spiro atoms. The Morgan fingerprint density at radius 1 is 1.17 bits per heavy atom. The number of fused-ring (bicyclic) bond motifs is 4. The Morgan fingerprint density at radius 3 is 2.59 bits per heavy atom. The summed E-state index contributed by atoms with van der Waals surface area (Å²) in [6, 6.07) is 6.00. The highest BCUT2D eigenvalue weighted by molar-refractivity contribution is 5.88. The predicted octanol–water partition coefficient (Wildman–Crippen LogP) is 4.32. The van der Waals surface area contributed by atoms with Crippen molar-refractivity contribution >= 4 is 5.97 Å². The van der Waals surface area contributed by atoms with Crippen LogP contribution in [0.2, 0.25) is 0 Å². The maximum absolute atomic E-state index is 12.5. The molecule has 0 atom stereocenters. The number of hydrogen-bond donors (Lipinski definition) is 1. The van der Waals surface area contributed by atoms with E-state index in [4.69, 9.17) is 4.74 Å². The first-order chi connectivity index (χ1) is 14.0. The Bertz CT molecular complexity index is 1090. The molecule has 29 heavy (non-hydrogen) atoms. The zero-order valence-electron chi connectivity index (χ0n) is 16.4. The number of carbonyl (C=O) groups is 1. The monoisotopic (exact) mass is 391 g/mol. The summed E-state index contributed by atoms with van der Waals surface area (Å²) in [4.78, 5) is 24.1. The Labute approximate surface area is 169 Å². The summed E-state index contributed by atoms with van der Waals surface area (Å²) < 4.78 is 8.37. The van der Waals surface area contributed by atoms with Crippen molar-refractivity contribution in [3.05, 3.63) is 51.3 Å². The second-order valence-corrected chi connectivity index (χ2v) is 9.44. The molecular formula is C24H25NO4. The van der Waals surface area contributed by atoms with Gasteiger partial charge in [-0.15, -0.1) is 0 Å². The lowest BCUT2D eigenvalue weighted by Crippen LogP contribution is -2.46. The van der Waals surface area contributed by atoms with Gasteiger partial charge < -0.3 is 14.4 Å². The molecule has 5 heteroatoms. The smallest absolute Gasteiger partial charge is 0.341 e. The number of aromatic nitrogens is 1. The molecule has 3 fully saturated rings. The lowest BCUT2D eigenvalue weighted by molar-refractivity contribution is 0.0691. The van der Waals surface area contributed by atoms with Crippen LogP contribution in [0.3, 0.4) is 0 Å². The molecule has 2 aromatic rings. The lowest BCUT2D eigenvalue weighted by atomic mass is 9.69. The van der Waals surface area contributed by atoms with Crippen LogP contribution in [0, 0.1) is 5.92 Å². The number of ether oxygens (including phenoxy) is 1. The van der Waals surface area contributed by atoms with Crippen molar-refractivity contribution in [2.24, 2.45) is 5.92 Å². The minimum absolute atomic E-state index is 0.102. The second kappa shape index (κ2) is 5.97. The Morgan fingerprint density at radius 2 is 1.97 bits per heavy atom. The van der Waals surface area contributed by atoms with E-state index in [0.29, 0.717) is 11.8 Å². The van der Waals surface area contributed by atoms with Gasteiger partial charge in [0.2, 0.25) is 0 Å². The first-order valence-electron chi connectivity index (χ1n) is 10.8. The fraction of sp³-hybridized carbons (Fsp3) is 0.500. The molecule has 0 unspecified atom stereocenters. The second-order valence-electron chi connectivity index (χ2n) is 9.44. The minimum atomic E-state index is -1.15. The fourth-order valence-electron chi connectivity index (χ4n) is 5.09. The summed E-state index contributed by atoms with van der Waals surface area (Å²) in [5.74, 6) is 1.15. The third-order valence-corrected chi connectivity index (χ3v) is 7.30. The van der Waals surface area contributed by atoms with Crippen LogP contribution in [0.15, 0.2) is 29.2 Å². The number of benzene rings is 1. The molecule has 1 aliphatic heterocycles. The van der Waals surface area contributed by atoms with E-state index in [1.807, 2.05) is 0 Å². The Balaban J connectivity index is 1.51. The van der Waals surface area contributed by atoms with E-state index >= 15 is 0 Å². The molecule has 0 amide bonds. The van der Waals surface area contributed by atoms with Crippen LogP contribution in [-0.4, -0.2) is 22.2 Å². The van der Waals surface area contributed by atoms with Crippen molar-refractivity contribution in [3.8, 4) is 17.0 Å². The van der Waals surface area contributed by atoms with Gasteiger partial charge in [0.05, 0.1) is 12.3 Å². The van der Waals surface area contributed by atoms with Crippen molar-refractivity contribution in [1.29, 1.82) is 0 Å². The summed E-state index contributed by atoms with van der Waals surface area (Å²) in [6.07, 6.45) is 10.6. The number of pyridine rings is 1. The summed E-state index contributed by atoms with van der Waals surface area (Å²) in [6.45, 7) is 0.807. The van der Waals surface area contributed by atoms with E-state index in [0.717, 1.165) is 49.3 Å². The van der Waals surface area contributed by atoms with Gasteiger partial charge in [0.15, 0.2) is 5.43 Å². The van der Waals surface area contributed by atoms with Gasteiger partial charge in [-0.1, -0.05) is 0 Å². The average molecular weight is 391 g/mol. The average Bonchev–Trinajstić information content (AvgIpc) is 3.56. The molecule has 1 N–H and O–H groups in total. The minimum Gasteiger partial charge on any atom is -0.493 e. The molecule has 0 saturated heterocycles. The highest BCUT2D eigenvalue weighted by Gasteiger charge is 2.44. The zero-order valence-corrected chi connectivity index (χ0v) is 16.4. The molecule has 5 nitrogen and oxygen atoms in total. The quantitative estimate of drug-likeness (QED) is 0.824. The third kappa shape index (κ3) is 2.74. The molecule has 4 aliphatic rings. The molecule has 3 aliphatic carbocycles. The topological polar surface area (TPSA) is 68.5 Å². The fourth-order valence-corrected chi connectivity index (χ4v) is 5.09. The van der Waals surface area contributed by atoms with Gasteiger partial charge in [-0.2, -0.15) is 0 Å². The SMILES string of the molecule is O=C(O)c1cn2c(cc1=O)-c1cc(C3CC3)c(OCC3CC3)cc1CC21CCC1. The van der Waals surface area contributed by atoms with E-state index in [2.05, 4.69) is 16.7 Å². The largest absolute Gasteiger partial charge is 0.493 e. The van der Waals surface area contributed by atoms with Gasteiger partial charge in [-0.05, 0) is 86.5 Å². The highest BCUT2D eigenvalue weighted by atomic mass is 16.5. The first kappa shape index (κ1) is 17.3. The van der Waals surface area contributed by atoms with Crippen molar-refractivity contribution < 1.29 is 14.6 Å². The number of aromatic carboxylic acids is 1. The van der Waals surface area contributed by atoms with Crippen LogP contribution in [-0.2, 0) is 12.0 Å². The Hall–Kier alpha value is -2.56. The van der Waals surface area contributed by atoms with Crippen LogP contribution < -0.4 is 10.2 Å². The van der Waals surface area contributed by atoms with E-state index < -0.39 is 11.4 Å². The number of nitrogens with zero attached hydrogens (tertiary/aromatic N) is 1. The van der Waals surface area contributed by atoms with E-state index in [1.165, 1.54) is 36.8 Å². The van der Waals surface area contributed by atoms with Crippen molar-refractivity contribution in [3.63, 3.8) is 0 Å². The number of hydrogen-bond acceptors (Lipinski definition) is 3. The van der Waals surface area contributed by atoms with Crippen LogP contribution in [0.1, 0.15) is 72.3 Å². The van der Waals surface area contributed by atoms with Gasteiger partial charge in [0.1, 0.15) is 11.3 Å². The first-order valence-corrected chi connectivity index (χ1v) is 10.8. The van der Waals surface area contributed by atoms with Gasteiger partial charge >= 0.3 is 5.97 Å². The van der Waals surface area contributed by atoms with E-state index in [9.17, 15) is 14.7 Å². The van der Waals surface area contributed by atoms with Gasteiger partial charge in [0.25, 0.3) is 0 Å². The number of rotatable bonds is 5. The van der Waals surface area contributed by atoms with E-state index in [1.54, 1.807) is 12.3 Å². The molecule has 0 bridgehead atoms. The molecule has 6 rings (SSSR count). The van der Waals surface area contributed by atoms with Crippen LogP contribution >= 0.6 is 0 Å². The highest BCUT2D eigenvalue weighted by Crippen LogP contribution is 2.52. The van der Waals surface area contributed by atoms with Crippen molar-refractivity contribution in [2.45, 2.75) is 62.8 Å². The third-order valence-electron chi connectivity index (χ3n) is 7.30. The zero-order chi connectivity index (χ0) is 19.8. The maximum Gasteiger partial charge on any atom is 0.341 e. The summed E-state index contributed by atoms with van der Waals surface area (Å²) in [7, 11) is 0.